The van der Waals surface area contributed by atoms with Gasteiger partial charge in [0.15, 0.2) is 17.7 Å². The fraction of sp³-hybridized carbons (Fsp3) is 0.533. The van der Waals surface area contributed by atoms with Gasteiger partial charge < -0.3 is 24.4 Å². The Kier molecular flexibility index (Phi) is 3.63. The van der Waals surface area contributed by atoms with Crippen LogP contribution in [0.15, 0.2) is 11.0 Å². The van der Waals surface area contributed by atoms with Gasteiger partial charge in [-0.1, -0.05) is 0 Å². The Morgan fingerprint density at radius 1 is 1.30 bits per heavy atom. The monoisotopic (exact) mass is 322 g/mol. The number of hydrogen-bond donors (Lipinski definition) is 2. The van der Waals surface area contributed by atoms with Crippen LogP contribution in [0.4, 0.5) is 0 Å². The summed E-state index contributed by atoms with van der Waals surface area (Å²) in [6, 6.07) is -0.0974. The van der Waals surface area contributed by atoms with Crippen molar-refractivity contribution in [1.82, 2.24) is 9.47 Å². The van der Waals surface area contributed by atoms with Gasteiger partial charge in [-0.15, -0.1) is 0 Å². The molecule has 2 N–H and O–H groups in total. The highest BCUT2D eigenvalue weighted by Gasteiger charge is 2.41. The molecule has 3 rings (SSSR count). The topological polar surface area (TPSA) is 109 Å². The van der Waals surface area contributed by atoms with Crippen LogP contribution in [0, 0.1) is 0 Å². The van der Waals surface area contributed by atoms with Crippen molar-refractivity contribution in [1.29, 1.82) is 0 Å². The Bertz CT molecular complexity index is 740. The third-order valence-corrected chi connectivity index (χ3v) is 4.44. The summed E-state index contributed by atoms with van der Waals surface area (Å²) < 4.78 is 7.16. The highest BCUT2D eigenvalue weighted by Crippen LogP contribution is 2.30. The van der Waals surface area contributed by atoms with Gasteiger partial charge >= 0.3 is 5.97 Å². The molecule has 2 aliphatic rings. The average molecular weight is 322 g/mol. The zero-order valence-corrected chi connectivity index (χ0v) is 12.9. The van der Waals surface area contributed by atoms with E-state index in [4.69, 9.17) is 9.84 Å². The van der Waals surface area contributed by atoms with E-state index in [1.807, 2.05) is 13.8 Å². The molecule has 124 valence electrons. The minimum Gasteiger partial charge on any atom is -0.503 e. The molecule has 1 aromatic rings. The quantitative estimate of drug-likeness (QED) is 0.784. The van der Waals surface area contributed by atoms with Gasteiger partial charge in [-0.05, 0) is 26.7 Å². The molecule has 1 fully saturated rings. The van der Waals surface area contributed by atoms with E-state index in [0.29, 0.717) is 0 Å². The first-order valence-corrected chi connectivity index (χ1v) is 7.49. The fourth-order valence-corrected chi connectivity index (χ4v) is 3.22. The van der Waals surface area contributed by atoms with Crippen molar-refractivity contribution in [3.8, 4) is 5.75 Å². The molecule has 1 aromatic heterocycles. The standard InChI is InChI=1S/C15H18N2O6/c1-7-3-4-8(2)23-10-6-16-5-9(15(21)22)12(18)13(19)11(16)14(20)17(7)10/h5,7-8,10,19H,3-4,6H2,1-2H3,(H,21,22)/t7-,8+,10-/m1/s1. The molecule has 0 saturated carbocycles. The Morgan fingerprint density at radius 3 is 2.65 bits per heavy atom. The second-order valence-corrected chi connectivity index (χ2v) is 6.07. The van der Waals surface area contributed by atoms with Gasteiger partial charge in [0.05, 0.1) is 12.6 Å². The maximum atomic E-state index is 12.8. The predicted octanol–water partition coefficient (Wildman–Crippen LogP) is 0.621. The van der Waals surface area contributed by atoms with Crippen LogP contribution >= 0.6 is 0 Å². The number of hydrogen-bond acceptors (Lipinski definition) is 5. The lowest BCUT2D eigenvalue weighted by molar-refractivity contribution is -0.0875. The van der Waals surface area contributed by atoms with Crippen LogP contribution in [-0.4, -0.2) is 49.9 Å². The van der Waals surface area contributed by atoms with Crippen LogP contribution < -0.4 is 5.43 Å². The maximum Gasteiger partial charge on any atom is 0.341 e. The van der Waals surface area contributed by atoms with E-state index >= 15 is 0 Å². The van der Waals surface area contributed by atoms with Crippen LogP contribution in [-0.2, 0) is 11.3 Å². The number of rotatable bonds is 1. The molecule has 8 heteroatoms. The van der Waals surface area contributed by atoms with Gasteiger partial charge in [0.2, 0.25) is 5.43 Å². The Labute approximate surface area is 131 Å². The van der Waals surface area contributed by atoms with Crippen LogP contribution in [0.3, 0.4) is 0 Å². The van der Waals surface area contributed by atoms with Crippen molar-refractivity contribution in [2.45, 2.75) is 51.6 Å². The number of carboxylic acid groups (broad SMARTS) is 1. The third kappa shape index (κ3) is 2.39. The van der Waals surface area contributed by atoms with Crippen LogP contribution in [0.5, 0.6) is 5.75 Å². The highest BCUT2D eigenvalue weighted by atomic mass is 16.5. The van der Waals surface area contributed by atoms with E-state index in [0.717, 1.165) is 19.0 Å². The number of nitrogens with zero attached hydrogens (tertiary/aromatic N) is 2. The average Bonchev–Trinajstić information content (AvgIpc) is 2.61. The molecular formula is C15H18N2O6. The summed E-state index contributed by atoms with van der Waals surface area (Å²) in [7, 11) is 0. The molecule has 1 amide bonds. The zero-order valence-electron chi connectivity index (χ0n) is 12.9. The summed E-state index contributed by atoms with van der Waals surface area (Å²) in [6.07, 6.45) is 2.06. The number of amides is 1. The smallest absolute Gasteiger partial charge is 0.341 e. The van der Waals surface area contributed by atoms with Gasteiger partial charge in [0, 0.05) is 12.2 Å². The molecule has 3 atom stereocenters. The summed E-state index contributed by atoms with van der Waals surface area (Å²) in [5.74, 6) is -2.79. The summed E-state index contributed by atoms with van der Waals surface area (Å²) in [4.78, 5) is 37.4. The number of carbonyl (C=O) groups excluding carboxylic acids is 1. The van der Waals surface area contributed by atoms with E-state index in [1.54, 1.807) is 0 Å². The number of aromatic hydroxyl groups is 1. The molecule has 0 bridgehead atoms. The minimum absolute atomic E-state index is 0.0336. The predicted molar refractivity (Wildman–Crippen MR) is 78.5 cm³/mol. The largest absolute Gasteiger partial charge is 0.503 e. The molecule has 3 heterocycles. The summed E-state index contributed by atoms with van der Waals surface area (Å²) in [5, 5.41) is 19.1. The molecule has 2 aliphatic heterocycles. The molecule has 0 aliphatic carbocycles. The van der Waals surface area contributed by atoms with E-state index in [1.165, 1.54) is 9.47 Å². The van der Waals surface area contributed by atoms with Crippen LogP contribution in [0.2, 0.25) is 0 Å². The Morgan fingerprint density at radius 2 is 2.00 bits per heavy atom. The fourth-order valence-electron chi connectivity index (χ4n) is 3.22. The molecule has 0 spiro atoms. The van der Waals surface area contributed by atoms with E-state index in [-0.39, 0.29) is 24.4 Å². The summed E-state index contributed by atoms with van der Waals surface area (Å²) in [6.45, 7) is 3.98. The van der Waals surface area contributed by atoms with Crippen molar-refractivity contribution < 1.29 is 24.5 Å². The van der Waals surface area contributed by atoms with Crippen molar-refractivity contribution in [2.75, 3.05) is 0 Å². The first kappa shape index (κ1) is 15.5. The number of ether oxygens (including phenoxy) is 1. The van der Waals surface area contributed by atoms with E-state index in [9.17, 15) is 19.5 Å². The van der Waals surface area contributed by atoms with Gasteiger partial charge in [-0.2, -0.15) is 0 Å². The minimum atomic E-state index is -1.45. The molecule has 0 aromatic carbocycles. The van der Waals surface area contributed by atoms with Gasteiger partial charge in [-0.3, -0.25) is 9.59 Å². The number of fused-ring (bicyclic) bond motifs is 2. The van der Waals surface area contributed by atoms with Crippen molar-refractivity contribution in [3.05, 3.63) is 27.7 Å². The third-order valence-electron chi connectivity index (χ3n) is 4.44. The van der Waals surface area contributed by atoms with Crippen molar-refractivity contribution in [3.63, 3.8) is 0 Å². The lowest BCUT2D eigenvalue weighted by Crippen LogP contribution is -2.53. The van der Waals surface area contributed by atoms with Crippen molar-refractivity contribution >= 4 is 11.9 Å². The number of carboxylic acids is 1. The van der Waals surface area contributed by atoms with E-state index in [2.05, 4.69) is 0 Å². The summed E-state index contributed by atoms with van der Waals surface area (Å²) >= 11 is 0. The molecule has 0 radical (unpaired) electrons. The first-order valence-electron chi connectivity index (χ1n) is 7.49. The molecule has 0 unspecified atom stereocenters. The molecule has 8 nitrogen and oxygen atoms in total. The second kappa shape index (κ2) is 5.38. The number of aromatic nitrogens is 1. The molecular weight excluding hydrogens is 304 g/mol. The number of aromatic carboxylic acids is 1. The number of carbonyl (C=O) groups is 2. The lowest BCUT2D eigenvalue weighted by Gasteiger charge is -2.39. The highest BCUT2D eigenvalue weighted by molar-refractivity contribution is 5.97. The molecule has 23 heavy (non-hydrogen) atoms. The second-order valence-electron chi connectivity index (χ2n) is 6.07. The first-order chi connectivity index (χ1) is 10.8. The van der Waals surface area contributed by atoms with Crippen molar-refractivity contribution in [2.24, 2.45) is 0 Å². The van der Waals surface area contributed by atoms with Gasteiger partial charge in [0.25, 0.3) is 5.91 Å². The number of pyridine rings is 1. The lowest BCUT2D eigenvalue weighted by atomic mass is 10.1. The SMILES string of the molecule is C[C@@H]1CC[C@H](C)O[C@@H]2Cn3cc(C(=O)O)c(=O)c(O)c3C(=O)N12. The zero-order chi connectivity index (χ0) is 16.9. The Hall–Kier alpha value is -2.35. The Balaban J connectivity index is 2.15. The normalized spacial score (nSPS) is 27.1. The maximum absolute atomic E-state index is 12.8. The summed E-state index contributed by atoms with van der Waals surface area (Å²) in [5.41, 5.74) is -1.80. The van der Waals surface area contributed by atoms with Crippen LogP contribution in [0.25, 0.3) is 0 Å². The van der Waals surface area contributed by atoms with Gasteiger partial charge in [-0.25, -0.2) is 4.79 Å². The van der Waals surface area contributed by atoms with Crippen LogP contribution in [0.1, 0.15) is 47.5 Å². The van der Waals surface area contributed by atoms with E-state index < -0.39 is 34.8 Å². The van der Waals surface area contributed by atoms with Gasteiger partial charge in [0.1, 0.15) is 5.56 Å². The molecule has 1 saturated heterocycles.